The van der Waals surface area contributed by atoms with Crippen molar-refractivity contribution in [2.45, 2.75) is 30.8 Å². The summed E-state index contributed by atoms with van der Waals surface area (Å²) in [5.74, 6) is 2.27. The highest BCUT2D eigenvalue weighted by molar-refractivity contribution is 7.85. The molecule has 1 aliphatic heterocycles. The third-order valence-electron chi connectivity index (χ3n) is 3.92. The first-order chi connectivity index (χ1) is 10.7. The highest BCUT2D eigenvalue weighted by Gasteiger charge is 2.22. The smallest absolute Gasteiger partial charge is 0.123 e. The first-order valence-electron chi connectivity index (χ1n) is 7.44. The van der Waals surface area contributed by atoms with Gasteiger partial charge in [0.05, 0.1) is 23.7 Å². The van der Waals surface area contributed by atoms with E-state index >= 15 is 0 Å². The quantitative estimate of drug-likeness (QED) is 0.866. The molecule has 4 heteroatoms. The van der Waals surface area contributed by atoms with Crippen molar-refractivity contribution in [1.29, 1.82) is 0 Å². The van der Waals surface area contributed by atoms with Gasteiger partial charge in [-0.25, -0.2) is 0 Å². The summed E-state index contributed by atoms with van der Waals surface area (Å²) >= 11 is 0. The van der Waals surface area contributed by atoms with Crippen molar-refractivity contribution in [3.8, 4) is 11.5 Å². The fourth-order valence-electron chi connectivity index (χ4n) is 2.62. The molecule has 0 amide bonds. The molecule has 0 spiro atoms. The molecule has 2 aromatic carbocycles. The van der Waals surface area contributed by atoms with Crippen LogP contribution in [-0.2, 0) is 17.2 Å². The average Bonchev–Trinajstić information content (AvgIpc) is 2.55. The van der Waals surface area contributed by atoms with Crippen molar-refractivity contribution in [3.63, 3.8) is 0 Å². The molecule has 0 bridgehead atoms. The zero-order valence-electron chi connectivity index (χ0n) is 12.9. The molecule has 1 unspecified atom stereocenters. The van der Waals surface area contributed by atoms with Crippen molar-refractivity contribution in [3.05, 3.63) is 53.6 Å². The van der Waals surface area contributed by atoms with Crippen LogP contribution in [0.3, 0.4) is 0 Å². The number of hydrogen-bond acceptors (Lipinski definition) is 3. The molecule has 1 heterocycles. The highest BCUT2D eigenvalue weighted by atomic mass is 32.2. The van der Waals surface area contributed by atoms with Crippen molar-refractivity contribution < 1.29 is 13.7 Å². The summed E-state index contributed by atoms with van der Waals surface area (Å²) < 4.78 is 23.7. The van der Waals surface area contributed by atoms with Crippen LogP contribution in [0, 0.1) is 6.92 Å². The molecular formula is C18H20O3S. The minimum Gasteiger partial charge on any atom is -0.497 e. The number of benzene rings is 2. The fraction of sp³-hybridized carbons (Fsp3) is 0.333. The second-order valence-corrected chi connectivity index (χ2v) is 7.07. The Morgan fingerprint density at radius 3 is 2.73 bits per heavy atom. The molecule has 0 aliphatic carbocycles. The molecule has 2 atom stereocenters. The molecule has 0 radical (unpaired) electrons. The van der Waals surface area contributed by atoms with Crippen molar-refractivity contribution in [1.82, 2.24) is 0 Å². The van der Waals surface area contributed by atoms with E-state index < -0.39 is 10.8 Å². The summed E-state index contributed by atoms with van der Waals surface area (Å²) in [4.78, 5) is 0.870. The summed E-state index contributed by atoms with van der Waals surface area (Å²) in [6.45, 7) is 2.03. The summed E-state index contributed by atoms with van der Waals surface area (Å²) in [6.07, 6.45) is 1.82. The zero-order valence-corrected chi connectivity index (χ0v) is 13.7. The van der Waals surface area contributed by atoms with Gasteiger partial charge in [0.15, 0.2) is 0 Å². The lowest BCUT2D eigenvalue weighted by atomic mass is 10.0. The number of fused-ring (bicyclic) bond motifs is 1. The molecule has 3 nitrogen and oxygen atoms in total. The van der Waals surface area contributed by atoms with Gasteiger partial charge in [-0.05, 0) is 55.7 Å². The molecule has 0 fully saturated rings. The Hall–Kier alpha value is -1.81. The van der Waals surface area contributed by atoms with Crippen LogP contribution in [0.2, 0.25) is 0 Å². The number of rotatable bonds is 4. The SMILES string of the molecule is COc1ccc2c(c1)CC[C@@H](CS(=O)c1ccc(C)cc1)O2. The Bertz CT molecular complexity index is 679. The van der Waals surface area contributed by atoms with Crippen LogP contribution in [-0.4, -0.2) is 23.2 Å². The van der Waals surface area contributed by atoms with E-state index in [0.717, 1.165) is 34.8 Å². The van der Waals surface area contributed by atoms with Gasteiger partial charge >= 0.3 is 0 Å². The summed E-state index contributed by atoms with van der Waals surface area (Å²) in [6, 6.07) is 13.7. The molecule has 0 saturated carbocycles. The van der Waals surface area contributed by atoms with Gasteiger partial charge in [-0.2, -0.15) is 0 Å². The predicted octanol–water partition coefficient (Wildman–Crippen LogP) is 3.51. The van der Waals surface area contributed by atoms with Crippen LogP contribution in [0.15, 0.2) is 47.4 Å². The zero-order chi connectivity index (χ0) is 15.5. The Morgan fingerprint density at radius 1 is 1.23 bits per heavy atom. The van der Waals surface area contributed by atoms with Gasteiger partial charge in [0.1, 0.15) is 17.6 Å². The largest absolute Gasteiger partial charge is 0.497 e. The van der Waals surface area contributed by atoms with Gasteiger partial charge in [-0.1, -0.05) is 17.7 Å². The Kier molecular flexibility index (Phi) is 4.48. The van der Waals surface area contributed by atoms with Crippen molar-refractivity contribution in [2.75, 3.05) is 12.9 Å². The lowest BCUT2D eigenvalue weighted by Crippen LogP contribution is -2.28. The second kappa shape index (κ2) is 6.53. The molecule has 22 heavy (non-hydrogen) atoms. The molecule has 1 aliphatic rings. The topological polar surface area (TPSA) is 35.5 Å². The summed E-state index contributed by atoms with van der Waals surface area (Å²) in [7, 11) is 0.644. The lowest BCUT2D eigenvalue weighted by Gasteiger charge is -2.26. The van der Waals surface area contributed by atoms with Gasteiger partial charge in [-0.3, -0.25) is 4.21 Å². The molecule has 0 saturated heterocycles. The number of ether oxygens (including phenoxy) is 2. The van der Waals surface area contributed by atoms with Gasteiger partial charge < -0.3 is 9.47 Å². The first kappa shape index (κ1) is 15.1. The van der Waals surface area contributed by atoms with E-state index in [1.807, 2.05) is 49.4 Å². The molecule has 0 N–H and O–H groups in total. The molecule has 116 valence electrons. The van der Waals surface area contributed by atoms with Gasteiger partial charge in [0, 0.05) is 4.90 Å². The van der Waals surface area contributed by atoms with E-state index in [9.17, 15) is 4.21 Å². The van der Waals surface area contributed by atoms with E-state index in [1.54, 1.807) is 7.11 Å². The summed E-state index contributed by atoms with van der Waals surface area (Å²) in [5.41, 5.74) is 2.34. The molecule has 3 rings (SSSR count). The third-order valence-corrected chi connectivity index (χ3v) is 5.39. The summed E-state index contributed by atoms with van der Waals surface area (Å²) in [5, 5.41) is 0. The molecule has 2 aromatic rings. The van der Waals surface area contributed by atoms with Crippen LogP contribution in [0.5, 0.6) is 11.5 Å². The Morgan fingerprint density at radius 2 is 2.00 bits per heavy atom. The minimum absolute atomic E-state index is 0.00281. The van der Waals surface area contributed by atoms with Gasteiger partial charge in [0.25, 0.3) is 0 Å². The minimum atomic E-state index is -1.02. The monoisotopic (exact) mass is 316 g/mol. The van der Waals surface area contributed by atoms with E-state index in [2.05, 4.69) is 0 Å². The van der Waals surface area contributed by atoms with E-state index in [1.165, 1.54) is 5.56 Å². The van der Waals surface area contributed by atoms with Crippen molar-refractivity contribution in [2.24, 2.45) is 0 Å². The first-order valence-corrected chi connectivity index (χ1v) is 8.76. The fourth-order valence-corrected chi connectivity index (χ4v) is 3.83. The normalized spacial score (nSPS) is 18.2. The maximum atomic E-state index is 12.4. The van der Waals surface area contributed by atoms with E-state index in [-0.39, 0.29) is 6.10 Å². The molecule has 0 aromatic heterocycles. The third kappa shape index (κ3) is 3.33. The standard InChI is InChI=1S/C18H20O3S/c1-13-3-8-17(9-4-13)22(19)12-16-6-5-14-11-15(20-2)7-10-18(14)21-16/h3-4,7-11,16H,5-6,12H2,1-2H3/t16-,22?/m0/s1. The number of hydrogen-bond donors (Lipinski definition) is 0. The van der Waals surface area contributed by atoms with Crippen LogP contribution >= 0.6 is 0 Å². The van der Waals surface area contributed by atoms with Gasteiger partial charge in [0.2, 0.25) is 0 Å². The second-order valence-electron chi connectivity index (χ2n) is 5.58. The van der Waals surface area contributed by atoms with Crippen LogP contribution < -0.4 is 9.47 Å². The average molecular weight is 316 g/mol. The van der Waals surface area contributed by atoms with E-state index in [0.29, 0.717) is 5.75 Å². The molecular weight excluding hydrogens is 296 g/mol. The lowest BCUT2D eigenvalue weighted by molar-refractivity contribution is 0.195. The van der Waals surface area contributed by atoms with Crippen LogP contribution in [0.1, 0.15) is 17.5 Å². The van der Waals surface area contributed by atoms with Crippen LogP contribution in [0.25, 0.3) is 0 Å². The Labute approximate surface area is 133 Å². The number of methoxy groups -OCH3 is 1. The van der Waals surface area contributed by atoms with Crippen LogP contribution in [0.4, 0.5) is 0 Å². The maximum absolute atomic E-state index is 12.4. The maximum Gasteiger partial charge on any atom is 0.123 e. The van der Waals surface area contributed by atoms with Gasteiger partial charge in [-0.15, -0.1) is 0 Å². The van der Waals surface area contributed by atoms with E-state index in [4.69, 9.17) is 9.47 Å². The number of aryl methyl sites for hydroxylation is 2. The predicted molar refractivity (Wildman–Crippen MR) is 88.2 cm³/mol. The highest BCUT2D eigenvalue weighted by Crippen LogP contribution is 2.31. The van der Waals surface area contributed by atoms with Crippen molar-refractivity contribution >= 4 is 10.8 Å². The Balaban J connectivity index is 1.67.